The van der Waals surface area contributed by atoms with E-state index >= 15 is 0 Å². The van der Waals surface area contributed by atoms with Crippen LogP contribution >= 0.6 is 0 Å². The van der Waals surface area contributed by atoms with Gasteiger partial charge in [0.15, 0.2) is 5.82 Å². The predicted molar refractivity (Wildman–Crippen MR) is 97.7 cm³/mol. The van der Waals surface area contributed by atoms with Crippen molar-refractivity contribution in [3.8, 4) is 22.5 Å². The van der Waals surface area contributed by atoms with Crippen molar-refractivity contribution in [2.24, 2.45) is 0 Å². The van der Waals surface area contributed by atoms with Gasteiger partial charge in [0.05, 0.1) is 6.61 Å². The van der Waals surface area contributed by atoms with Gasteiger partial charge in [-0.3, -0.25) is 9.78 Å². The van der Waals surface area contributed by atoms with Crippen LogP contribution in [0.5, 0.6) is 0 Å². The van der Waals surface area contributed by atoms with E-state index in [2.05, 4.69) is 9.97 Å². The lowest BCUT2D eigenvalue weighted by molar-refractivity contribution is -0.149. The standard InChI is InChI=1S/C20H21N3O3/c1-4-26-19(24)20(2,3)18-22-16(15-11-8-12-21-13-15)17(23(18)25)14-9-6-5-7-10-14/h5-13,25H,4H2,1-3H3. The van der Waals surface area contributed by atoms with Crippen molar-refractivity contribution in [2.45, 2.75) is 26.2 Å². The smallest absolute Gasteiger partial charge is 0.319 e. The Morgan fingerprint density at radius 1 is 1.15 bits per heavy atom. The lowest BCUT2D eigenvalue weighted by Crippen LogP contribution is -2.34. The lowest BCUT2D eigenvalue weighted by atomic mass is 9.93. The Morgan fingerprint density at radius 2 is 1.85 bits per heavy atom. The number of ether oxygens (including phenoxy) is 1. The first-order valence-electron chi connectivity index (χ1n) is 8.42. The van der Waals surface area contributed by atoms with Gasteiger partial charge in [0.25, 0.3) is 0 Å². The lowest BCUT2D eigenvalue weighted by Gasteiger charge is -2.21. The Balaban J connectivity index is 2.23. The van der Waals surface area contributed by atoms with Crippen molar-refractivity contribution in [3.63, 3.8) is 0 Å². The first-order valence-corrected chi connectivity index (χ1v) is 8.42. The zero-order valence-corrected chi connectivity index (χ0v) is 15.0. The number of hydrogen-bond donors (Lipinski definition) is 1. The summed E-state index contributed by atoms with van der Waals surface area (Å²) in [6.07, 6.45) is 3.35. The number of rotatable bonds is 5. The Kier molecular flexibility index (Phi) is 4.75. The van der Waals surface area contributed by atoms with E-state index < -0.39 is 11.4 Å². The molecule has 3 rings (SSSR count). The van der Waals surface area contributed by atoms with Crippen LogP contribution in [0.3, 0.4) is 0 Å². The maximum absolute atomic E-state index is 12.4. The zero-order chi connectivity index (χ0) is 18.7. The van der Waals surface area contributed by atoms with Gasteiger partial charge >= 0.3 is 5.97 Å². The Bertz CT molecular complexity index is 903. The molecule has 0 saturated carbocycles. The SMILES string of the molecule is CCOC(=O)C(C)(C)c1nc(-c2cccnc2)c(-c2ccccc2)n1O. The normalized spacial score (nSPS) is 11.3. The summed E-state index contributed by atoms with van der Waals surface area (Å²) in [5.74, 6) is -0.230. The van der Waals surface area contributed by atoms with Gasteiger partial charge in [-0.2, -0.15) is 4.73 Å². The minimum atomic E-state index is -1.12. The van der Waals surface area contributed by atoms with Crippen LogP contribution in [-0.4, -0.2) is 32.5 Å². The molecule has 134 valence electrons. The van der Waals surface area contributed by atoms with E-state index in [1.165, 1.54) is 0 Å². The molecular formula is C20H21N3O3. The molecule has 0 radical (unpaired) electrons. The molecule has 1 N–H and O–H groups in total. The monoisotopic (exact) mass is 351 g/mol. The zero-order valence-electron chi connectivity index (χ0n) is 15.0. The van der Waals surface area contributed by atoms with Crippen LogP contribution in [0.15, 0.2) is 54.9 Å². The number of imidazole rings is 1. The van der Waals surface area contributed by atoms with E-state index in [9.17, 15) is 10.0 Å². The van der Waals surface area contributed by atoms with Crippen molar-refractivity contribution in [1.29, 1.82) is 0 Å². The van der Waals surface area contributed by atoms with Gasteiger partial charge in [-0.05, 0) is 32.9 Å². The third-order valence-corrected chi connectivity index (χ3v) is 4.18. The van der Waals surface area contributed by atoms with Crippen molar-refractivity contribution in [3.05, 3.63) is 60.7 Å². The van der Waals surface area contributed by atoms with Gasteiger partial charge in [-0.25, -0.2) is 4.98 Å². The van der Waals surface area contributed by atoms with Crippen molar-refractivity contribution in [2.75, 3.05) is 6.61 Å². The van der Waals surface area contributed by atoms with E-state index in [4.69, 9.17) is 4.74 Å². The molecule has 2 aromatic heterocycles. The summed E-state index contributed by atoms with van der Waals surface area (Å²) in [7, 11) is 0. The van der Waals surface area contributed by atoms with E-state index in [0.717, 1.165) is 15.9 Å². The van der Waals surface area contributed by atoms with Crippen LogP contribution < -0.4 is 0 Å². The average Bonchev–Trinajstić information content (AvgIpc) is 3.01. The second-order valence-corrected chi connectivity index (χ2v) is 6.40. The molecule has 0 fully saturated rings. The molecule has 6 nitrogen and oxygen atoms in total. The van der Waals surface area contributed by atoms with Crippen LogP contribution in [0, 0.1) is 0 Å². The molecule has 0 amide bonds. The molecule has 0 spiro atoms. The second-order valence-electron chi connectivity index (χ2n) is 6.40. The van der Waals surface area contributed by atoms with Crippen molar-refractivity contribution >= 4 is 5.97 Å². The summed E-state index contributed by atoms with van der Waals surface area (Å²) in [6.45, 7) is 5.37. The molecule has 26 heavy (non-hydrogen) atoms. The number of nitrogens with zero attached hydrogens (tertiary/aromatic N) is 3. The van der Waals surface area contributed by atoms with Gasteiger partial charge in [0, 0.05) is 23.5 Å². The van der Waals surface area contributed by atoms with Crippen LogP contribution in [0.25, 0.3) is 22.5 Å². The topological polar surface area (TPSA) is 77.2 Å². The number of carbonyl (C=O) groups is 1. The van der Waals surface area contributed by atoms with E-state index in [0.29, 0.717) is 11.4 Å². The number of esters is 1. The number of pyridine rings is 1. The fraction of sp³-hybridized carbons (Fsp3) is 0.250. The number of hydrogen-bond acceptors (Lipinski definition) is 5. The van der Waals surface area contributed by atoms with Gasteiger partial charge in [-0.15, -0.1) is 0 Å². The van der Waals surface area contributed by atoms with E-state index in [-0.39, 0.29) is 12.4 Å². The molecular weight excluding hydrogens is 330 g/mol. The van der Waals surface area contributed by atoms with E-state index in [1.807, 2.05) is 36.4 Å². The summed E-state index contributed by atoms with van der Waals surface area (Å²) >= 11 is 0. The maximum Gasteiger partial charge on any atom is 0.319 e. The summed E-state index contributed by atoms with van der Waals surface area (Å²) < 4.78 is 6.14. The largest absolute Gasteiger partial charge is 0.465 e. The van der Waals surface area contributed by atoms with Crippen molar-refractivity contribution in [1.82, 2.24) is 14.7 Å². The summed E-state index contributed by atoms with van der Waals surface area (Å²) in [5, 5.41) is 10.9. The highest BCUT2D eigenvalue weighted by atomic mass is 16.5. The van der Waals surface area contributed by atoms with Crippen molar-refractivity contribution < 1.29 is 14.7 Å². The summed E-state index contributed by atoms with van der Waals surface area (Å²) in [5.41, 5.74) is 1.48. The average molecular weight is 351 g/mol. The molecule has 6 heteroatoms. The minimum Gasteiger partial charge on any atom is -0.465 e. The molecule has 0 aliphatic rings. The highest BCUT2D eigenvalue weighted by Crippen LogP contribution is 2.35. The van der Waals surface area contributed by atoms with Gasteiger partial charge in [0.2, 0.25) is 0 Å². The molecule has 3 aromatic rings. The fourth-order valence-electron chi connectivity index (χ4n) is 2.78. The quantitative estimate of drug-likeness (QED) is 0.560. The highest BCUT2D eigenvalue weighted by Gasteiger charge is 2.38. The molecule has 2 heterocycles. The summed E-state index contributed by atoms with van der Waals surface area (Å²) in [4.78, 5) is 21.2. The van der Waals surface area contributed by atoms with E-state index in [1.54, 1.807) is 39.2 Å². The number of benzene rings is 1. The first-order chi connectivity index (χ1) is 12.5. The predicted octanol–water partition coefficient (Wildman–Crippen LogP) is 3.69. The number of carbonyl (C=O) groups excluding carboxylic acids is 1. The molecule has 0 bridgehead atoms. The molecule has 1 aromatic carbocycles. The minimum absolute atomic E-state index is 0.216. The van der Waals surface area contributed by atoms with Crippen LogP contribution in [-0.2, 0) is 14.9 Å². The summed E-state index contributed by atoms with van der Waals surface area (Å²) in [6, 6.07) is 13.1. The highest BCUT2D eigenvalue weighted by molar-refractivity contribution is 5.84. The van der Waals surface area contributed by atoms with Gasteiger partial charge in [0.1, 0.15) is 16.8 Å². The van der Waals surface area contributed by atoms with Crippen LogP contribution in [0.4, 0.5) is 0 Å². The first kappa shape index (κ1) is 17.7. The molecule has 0 saturated heterocycles. The molecule has 0 aliphatic heterocycles. The van der Waals surface area contributed by atoms with Crippen LogP contribution in [0.2, 0.25) is 0 Å². The number of aromatic nitrogens is 3. The van der Waals surface area contributed by atoms with Gasteiger partial charge in [-0.1, -0.05) is 30.3 Å². The molecule has 0 atom stereocenters. The Hall–Kier alpha value is -3.15. The van der Waals surface area contributed by atoms with Crippen LogP contribution in [0.1, 0.15) is 26.6 Å². The Morgan fingerprint density at radius 3 is 2.46 bits per heavy atom. The fourth-order valence-corrected chi connectivity index (χ4v) is 2.78. The van der Waals surface area contributed by atoms with Gasteiger partial charge < -0.3 is 9.94 Å². The Labute approximate surface area is 152 Å². The second kappa shape index (κ2) is 7.00. The third kappa shape index (κ3) is 3.06. The molecule has 0 unspecified atom stereocenters. The molecule has 0 aliphatic carbocycles. The third-order valence-electron chi connectivity index (χ3n) is 4.18. The maximum atomic E-state index is 12.4.